The zero-order chi connectivity index (χ0) is 45.1. The molecule has 4 N–H and O–H groups in total. The molecule has 17 nitrogen and oxygen atoms in total. The van der Waals surface area contributed by atoms with E-state index in [4.69, 9.17) is 33.5 Å². The summed E-state index contributed by atoms with van der Waals surface area (Å²) in [5.41, 5.74) is 2.23. The van der Waals surface area contributed by atoms with Crippen LogP contribution in [-0.2, 0) is 60.9 Å². The van der Waals surface area contributed by atoms with Crippen molar-refractivity contribution in [3.8, 4) is 5.75 Å². The van der Waals surface area contributed by atoms with E-state index in [0.29, 0.717) is 25.2 Å². The first kappa shape index (κ1) is 51.2. The second kappa shape index (κ2) is 28.5. The molecule has 0 fully saturated rings. The second-order valence-electron chi connectivity index (χ2n) is 15.1. The highest BCUT2D eigenvalue weighted by molar-refractivity contribution is 7.92. The molecule has 0 bridgehead atoms. The minimum atomic E-state index is -3.95. The molecule has 342 valence electrons. The smallest absolute Gasteiger partial charge is 0.329 e. The summed E-state index contributed by atoms with van der Waals surface area (Å²) in [6.45, 7) is 7.15. The minimum absolute atomic E-state index is 0.0274. The fraction of sp³-hybridized carbons (Fsp3) is 0.523. The molecule has 0 aliphatic carbocycles. The number of nitrogens with zero attached hydrogens (tertiary/aromatic N) is 1. The van der Waals surface area contributed by atoms with Crippen molar-refractivity contribution in [1.82, 2.24) is 15.6 Å². The van der Waals surface area contributed by atoms with Crippen LogP contribution in [0.15, 0.2) is 71.8 Å². The first-order valence-electron chi connectivity index (χ1n) is 20.8. The topological polar surface area (TPSA) is 227 Å². The predicted octanol–water partition coefficient (Wildman–Crippen LogP) is 4.73. The molecule has 2 aromatic carbocycles. The summed E-state index contributed by atoms with van der Waals surface area (Å²) in [5.74, 6) is -1.34. The second-order valence-corrected chi connectivity index (χ2v) is 16.8. The molecule has 18 heteroatoms. The Kier molecular flexibility index (Phi) is 23.5. The Morgan fingerprint density at radius 2 is 1.26 bits per heavy atom. The summed E-state index contributed by atoms with van der Waals surface area (Å²) in [5, 5.41) is 13.8. The lowest BCUT2D eigenvalue weighted by molar-refractivity contribution is -0.155. The van der Waals surface area contributed by atoms with Gasteiger partial charge in [-0.2, -0.15) is 0 Å². The van der Waals surface area contributed by atoms with Gasteiger partial charge >= 0.3 is 11.9 Å². The van der Waals surface area contributed by atoms with Gasteiger partial charge in [-0.25, -0.2) is 18.2 Å². The summed E-state index contributed by atoms with van der Waals surface area (Å²) in [6, 6.07) is 17.4. The Morgan fingerprint density at radius 1 is 0.661 bits per heavy atom. The summed E-state index contributed by atoms with van der Waals surface area (Å²) in [4.78, 5) is 50.5. The molecular weight excluding hydrogens is 825 g/mol. The summed E-state index contributed by atoms with van der Waals surface area (Å²) in [6.07, 6.45) is 8.64. The number of carboxylic acid groups (broad SMARTS) is 1. The molecule has 0 aliphatic rings. The van der Waals surface area contributed by atoms with Gasteiger partial charge in [-0.1, -0.05) is 43.5 Å². The molecule has 0 radical (unpaired) electrons. The molecule has 3 aromatic rings. The van der Waals surface area contributed by atoms with Crippen molar-refractivity contribution in [2.24, 2.45) is 0 Å². The number of carbonyl (C=O) groups is 4. The number of aliphatic carboxylic acids is 1. The number of aromatic nitrogens is 1. The number of benzene rings is 2. The highest BCUT2D eigenvalue weighted by atomic mass is 32.2. The van der Waals surface area contributed by atoms with Gasteiger partial charge in [0.15, 0.2) is 0 Å². The Labute approximate surface area is 364 Å². The van der Waals surface area contributed by atoms with Crippen molar-refractivity contribution in [3.05, 3.63) is 83.6 Å². The van der Waals surface area contributed by atoms with Crippen LogP contribution in [-0.4, -0.2) is 120 Å². The van der Waals surface area contributed by atoms with Gasteiger partial charge in [0.05, 0.1) is 56.7 Å². The van der Waals surface area contributed by atoms with Gasteiger partial charge in [0.25, 0.3) is 15.9 Å². The van der Waals surface area contributed by atoms with E-state index in [1.165, 1.54) is 36.0 Å². The Morgan fingerprint density at radius 3 is 1.89 bits per heavy atom. The normalized spacial score (nSPS) is 11.5. The molecule has 0 atom stereocenters. The van der Waals surface area contributed by atoms with E-state index in [1.807, 2.05) is 20.8 Å². The maximum Gasteiger partial charge on any atom is 0.329 e. The quantitative estimate of drug-likeness (QED) is 0.0492. The van der Waals surface area contributed by atoms with E-state index in [-0.39, 0.29) is 87.5 Å². The van der Waals surface area contributed by atoms with Gasteiger partial charge in [0.2, 0.25) is 5.91 Å². The van der Waals surface area contributed by atoms with E-state index < -0.39 is 34.1 Å². The molecule has 1 aromatic heterocycles. The van der Waals surface area contributed by atoms with Crippen LogP contribution < -0.4 is 20.1 Å². The van der Waals surface area contributed by atoms with Crippen molar-refractivity contribution in [3.63, 3.8) is 0 Å². The van der Waals surface area contributed by atoms with Gasteiger partial charge < -0.3 is 44.2 Å². The summed E-state index contributed by atoms with van der Waals surface area (Å²) < 4.78 is 60.3. The predicted molar refractivity (Wildman–Crippen MR) is 231 cm³/mol. The van der Waals surface area contributed by atoms with Crippen LogP contribution in [0.1, 0.15) is 80.8 Å². The molecule has 2 amide bonds. The number of carbonyl (C=O) groups excluding carboxylic acids is 3. The molecule has 62 heavy (non-hydrogen) atoms. The zero-order valence-electron chi connectivity index (χ0n) is 36.0. The molecule has 0 saturated heterocycles. The number of hydrogen-bond acceptors (Lipinski definition) is 13. The van der Waals surface area contributed by atoms with Crippen molar-refractivity contribution < 1.29 is 61.1 Å². The number of aryl methyl sites for hydroxylation is 1. The van der Waals surface area contributed by atoms with Gasteiger partial charge in [-0.05, 0) is 87.6 Å². The lowest BCUT2D eigenvalue weighted by Gasteiger charge is -2.19. The fourth-order valence-corrected chi connectivity index (χ4v) is 6.61. The van der Waals surface area contributed by atoms with Crippen LogP contribution in [0.4, 0.5) is 5.82 Å². The van der Waals surface area contributed by atoms with E-state index >= 15 is 0 Å². The van der Waals surface area contributed by atoms with Crippen LogP contribution in [0, 0.1) is 0 Å². The highest BCUT2D eigenvalue weighted by Gasteiger charge is 2.17. The summed E-state index contributed by atoms with van der Waals surface area (Å²) >= 11 is 0. The third-order valence-corrected chi connectivity index (χ3v) is 10.0. The first-order valence-corrected chi connectivity index (χ1v) is 22.3. The highest BCUT2D eigenvalue weighted by Crippen LogP contribution is 2.20. The number of anilines is 1. The number of carboxylic acids is 1. The summed E-state index contributed by atoms with van der Waals surface area (Å²) in [7, 11) is -3.95. The maximum absolute atomic E-state index is 13.0. The molecule has 0 spiro atoms. The van der Waals surface area contributed by atoms with Crippen LogP contribution in [0.25, 0.3) is 0 Å². The van der Waals surface area contributed by atoms with Crippen LogP contribution in [0.3, 0.4) is 0 Å². The number of ether oxygens (including phenoxy) is 6. The van der Waals surface area contributed by atoms with Crippen LogP contribution >= 0.6 is 0 Å². The van der Waals surface area contributed by atoms with Gasteiger partial charge in [0.1, 0.15) is 30.4 Å². The van der Waals surface area contributed by atoms with Crippen LogP contribution in [0.5, 0.6) is 5.75 Å². The molecule has 3 rings (SSSR count). The molecule has 0 unspecified atom stereocenters. The maximum atomic E-state index is 13.0. The first-order chi connectivity index (χ1) is 29.7. The third kappa shape index (κ3) is 23.2. The average Bonchev–Trinajstić information content (AvgIpc) is 3.22. The Bertz CT molecular complexity index is 1890. The number of esters is 1. The van der Waals surface area contributed by atoms with E-state index in [2.05, 4.69) is 44.6 Å². The van der Waals surface area contributed by atoms with E-state index in [9.17, 15) is 27.6 Å². The largest absolute Gasteiger partial charge is 0.493 e. The van der Waals surface area contributed by atoms with Crippen molar-refractivity contribution in [2.45, 2.75) is 82.6 Å². The van der Waals surface area contributed by atoms with Gasteiger partial charge in [-0.15, -0.1) is 0 Å². The molecule has 1 heterocycles. The van der Waals surface area contributed by atoms with Gasteiger partial charge in [-0.3, -0.25) is 19.1 Å². The van der Waals surface area contributed by atoms with E-state index in [0.717, 1.165) is 44.1 Å². The molecule has 0 saturated carbocycles. The Hall–Kier alpha value is -5.14. The number of pyridine rings is 1. The van der Waals surface area contributed by atoms with Crippen molar-refractivity contribution in [1.29, 1.82) is 0 Å². The van der Waals surface area contributed by atoms with Gasteiger partial charge in [0, 0.05) is 32.1 Å². The van der Waals surface area contributed by atoms with Crippen LogP contribution in [0.2, 0.25) is 0 Å². The molecule has 0 aliphatic heterocycles. The number of hydrogen-bond donors (Lipinski definition) is 4. The monoisotopic (exact) mass is 886 g/mol. The lowest BCUT2D eigenvalue weighted by Crippen LogP contribution is -2.31. The average molecular weight is 887 g/mol. The lowest BCUT2D eigenvalue weighted by atomic mass is 10.0. The Balaban J connectivity index is 1.23. The number of rotatable bonds is 32. The SMILES string of the molecule is CC(C)(C)OC(=O)CCCCCCCc1ccc(CCOc2ccc(S(=O)(=O)Nc3ccc(C(=O)NCCOCCOCC(=O)NCCOCCOCC(=O)O)cn3)cc2)cc1. The van der Waals surface area contributed by atoms with Crippen molar-refractivity contribution >= 4 is 39.6 Å². The number of nitrogens with one attached hydrogen (secondary N) is 3. The minimum Gasteiger partial charge on any atom is -0.493 e. The van der Waals surface area contributed by atoms with Crippen molar-refractivity contribution in [2.75, 3.05) is 77.3 Å². The third-order valence-electron chi connectivity index (χ3n) is 8.65. The van der Waals surface area contributed by atoms with E-state index in [1.54, 1.807) is 12.1 Å². The zero-order valence-corrected chi connectivity index (χ0v) is 36.8. The fourth-order valence-electron chi connectivity index (χ4n) is 5.60. The number of sulfonamides is 1. The number of amides is 2. The standard InChI is InChI=1S/C44H62N4O13S/c1-44(2,3)61-42(52)10-8-6-4-5-7-9-34-11-13-35(14-12-34)21-24-60-37-16-18-38(19-17-37)62(54,55)48-39-20-15-36(31-47-39)43(53)46-23-26-57-27-29-58-32-40(49)45-22-25-56-28-30-59-33-41(50)51/h11-20,31H,4-10,21-30,32-33H2,1-3H3,(H,45,49)(H,46,53)(H,47,48)(H,50,51). The number of unbranched alkanes of at least 4 members (excludes halogenated alkanes) is 4. The molecular formula is C44H62N4O13S.